The van der Waals surface area contributed by atoms with Crippen LogP contribution in [0.15, 0.2) is 35.5 Å². The van der Waals surface area contributed by atoms with Gasteiger partial charge in [-0.1, -0.05) is 18.1 Å². The molecule has 0 amide bonds. The number of allylic oxidation sites excluding steroid dienone is 3. The topological polar surface area (TPSA) is 49.8 Å². The molecule has 1 aliphatic heterocycles. The summed E-state index contributed by atoms with van der Waals surface area (Å²) in [5.41, 5.74) is -0.296. The monoisotopic (exact) mass is 329 g/mol. The molecule has 1 saturated heterocycles. The van der Waals surface area contributed by atoms with Crippen molar-refractivity contribution < 1.29 is 14.6 Å². The maximum atomic E-state index is 12.2. The number of ketones is 1. The van der Waals surface area contributed by atoms with E-state index in [4.69, 9.17) is 11.2 Å². The second-order valence-corrected chi connectivity index (χ2v) is 6.85. The average Bonchev–Trinajstić information content (AvgIpc) is 2.55. The second-order valence-electron chi connectivity index (χ2n) is 6.85. The first-order chi connectivity index (χ1) is 11.3. The molecule has 4 heteroatoms. The SMILES string of the molecule is C#C/C(=C(C)\C=C/COC)C12CCN(C)C(C)C1(O)C=CC(=O)C2. The van der Waals surface area contributed by atoms with Crippen LogP contribution in [0.5, 0.6) is 0 Å². The smallest absolute Gasteiger partial charge is 0.156 e. The van der Waals surface area contributed by atoms with Gasteiger partial charge in [0, 0.05) is 30.6 Å². The summed E-state index contributed by atoms with van der Waals surface area (Å²) in [5, 5.41) is 11.6. The van der Waals surface area contributed by atoms with Crippen molar-refractivity contribution in [3.05, 3.63) is 35.5 Å². The fourth-order valence-electron chi connectivity index (χ4n) is 4.05. The minimum atomic E-state index is -1.16. The van der Waals surface area contributed by atoms with Crippen LogP contribution in [0.2, 0.25) is 0 Å². The number of piperidine rings is 1. The molecule has 1 heterocycles. The minimum Gasteiger partial charge on any atom is -0.383 e. The molecule has 2 rings (SSSR count). The molecule has 130 valence electrons. The highest BCUT2D eigenvalue weighted by Crippen LogP contribution is 2.54. The van der Waals surface area contributed by atoms with Gasteiger partial charge in [0.1, 0.15) is 5.60 Å². The van der Waals surface area contributed by atoms with Crippen molar-refractivity contribution in [3.8, 4) is 12.3 Å². The number of carbonyl (C=O) groups excluding carboxylic acids is 1. The summed E-state index contributed by atoms with van der Waals surface area (Å²) < 4.78 is 5.04. The fraction of sp³-hybridized carbons (Fsp3) is 0.550. The van der Waals surface area contributed by atoms with Crippen LogP contribution >= 0.6 is 0 Å². The molecule has 2 aliphatic rings. The molecule has 3 unspecified atom stereocenters. The van der Waals surface area contributed by atoms with Crippen LogP contribution in [0.25, 0.3) is 0 Å². The van der Waals surface area contributed by atoms with Gasteiger partial charge in [0.15, 0.2) is 5.78 Å². The van der Waals surface area contributed by atoms with Gasteiger partial charge in [0.05, 0.1) is 6.61 Å². The highest BCUT2D eigenvalue weighted by molar-refractivity contribution is 5.92. The molecule has 0 spiro atoms. The van der Waals surface area contributed by atoms with Gasteiger partial charge in [-0.15, -0.1) is 6.42 Å². The molecule has 0 bridgehead atoms. The zero-order valence-corrected chi connectivity index (χ0v) is 15.0. The Morgan fingerprint density at radius 3 is 2.96 bits per heavy atom. The van der Waals surface area contributed by atoms with Crippen LogP contribution in [-0.4, -0.2) is 54.7 Å². The van der Waals surface area contributed by atoms with Crippen LogP contribution in [0.4, 0.5) is 0 Å². The van der Waals surface area contributed by atoms with Crippen molar-refractivity contribution in [2.75, 3.05) is 27.3 Å². The molecule has 4 nitrogen and oxygen atoms in total. The predicted octanol–water partition coefficient (Wildman–Crippen LogP) is 2.11. The summed E-state index contributed by atoms with van der Waals surface area (Å²) in [4.78, 5) is 14.3. The van der Waals surface area contributed by atoms with Crippen LogP contribution in [-0.2, 0) is 9.53 Å². The van der Waals surface area contributed by atoms with E-state index in [0.717, 1.165) is 17.7 Å². The number of hydrogen-bond acceptors (Lipinski definition) is 4. The minimum absolute atomic E-state index is 0.0119. The zero-order valence-electron chi connectivity index (χ0n) is 15.0. The Morgan fingerprint density at radius 2 is 2.33 bits per heavy atom. The molecular formula is C20H27NO3. The molecule has 3 atom stereocenters. The molecule has 1 N–H and O–H groups in total. The average molecular weight is 329 g/mol. The number of terminal acetylenes is 1. The summed E-state index contributed by atoms with van der Waals surface area (Å²) in [6.07, 6.45) is 13.7. The Balaban J connectivity index is 2.61. The lowest BCUT2D eigenvalue weighted by atomic mass is 9.55. The number of likely N-dealkylation sites (N-methyl/N-ethyl adjacent to an activating group) is 1. The lowest BCUT2D eigenvalue weighted by molar-refractivity contribution is -0.139. The van der Waals surface area contributed by atoms with E-state index in [0.29, 0.717) is 13.0 Å². The van der Waals surface area contributed by atoms with Crippen molar-refractivity contribution in [2.45, 2.75) is 38.3 Å². The maximum Gasteiger partial charge on any atom is 0.156 e. The summed E-state index contributed by atoms with van der Waals surface area (Å²) in [5.74, 6) is 2.80. The standard InChI is InChI=1S/C20H27NO3/c1-6-18(15(2)8-7-13-24-5)19-11-12-21(4)16(3)20(19,23)10-9-17(22)14-19/h1,7-10,16,23H,11-14H2,2-5H3/b8-7-,18-15+. The van der Waals surface area contributed by atoms with Crippen LogP contribution < -0.4 is 0 Å². The lowest BCUT2D eigenvalue weighted by Gasteiger charge is -2.57. The summed E-state index contributed by atoms with van der Waals surface area (Å²) >= 11 is 0. The molecule has 1 fully saturated rings. The van der Waals surface area contributed by atoms with E-state index in [1.54, 1.807) is 13.2 Å². The molecule has 0 radical (unpaired) electrons. The van der Waals surface area contributed by atoms with Gasteiger partial charge in [-0.25, -0.2) is 0 Å². The van der Waals surface area contributed by atoms with Crippen LogP contribution in [0, 0.1) is 17.8 Å². The highest BCUT2D eigenvalue weighted by atomic mass is 16.5. The highest BCUT2D eigenvalue weighted by Gasteiger charge is 2.59. The van der Waals surface area contributed by atoms with E-state index in [1.165, 1.54) is 6.08 Å². The number of rotatable bonds is 4. The Morgan fingerprint density at radius 1 is 1.62 bits per heavy atom. The third kappa shape index (κ3) is 2.88. The van der Waals surface area contributed by atoms with Gasteiger partial charge >= 0.3 is 0 Å². The van der Waals surface area contributed by atoms with Crippen molar-refractivity contribution in [3.63, 3.8) is 0 Å². The van der Waals surface area contributed by atoms with Gasteiger partial charge in [-0.2, -0.15) is 0 Å². The zero-order chi connectivity index (χ0) is 18.0. The quantitative estimate of drug-likeness (QED) is 0.634. The first kappa shape index (κ1) is 18.7. The molecule has 1 aliphatic carbocycles. The Hall–Kier alpha value is -1.67. The third-order valence-electron chi connectivity index (χ3n) is 5.60. The van der Waals surface area contributed by atoms with Gasteiger partial charge in [0.25, 0.3) is 0 Å². The Kier molecular flexibility index (Phi) is 5.49. The van der Waals surface area contributed by atoms with E-state index >= 15 is 0 Å². The first-order valence-corrected chi connectivity index (χ1v) is 8.30. The number of aliphatic hydroxyl groups is 1. The number of nitrogens with zero attached hydrogens (tertiary/aromatic N) is 1. The number of hydrogen-bond donors (Lipinski definition) is 1. The summed E-state index contributed by atoms with van der Waals surface area (Å²) in [6.45, 7) is 5.19. The van der Waals surface area contributed by atoms with Crippen molar-refractivity contribution in [2.24, 2.45) is 5.41 Å². The molecular weight excluding hydrogens is 302 g/mol. The number of likely N-dealkylation sites (tertiary alicyclic amines) is 1. The maximum absolute atomic E-state index is 12.2. The van der Waals surface area contributed by atoms with Gasteiger partial charge < -0.3 is 14.7 Å². The van der Waals surface area contributed by atoms with E-state index in [1.807, 2.05) is 33.0 Å². The van der Waals surface area contributed by atoms with Gasteiger partial charge in [-0.05, 0) is 51.6 Å². The molecule has 0 aromatic carbocycles. The van der Waals surface area contributed by atoms with E-state index in [-0.39, 0.29) is 18.2 Å². The number of ether oxygens (including phenoxy) is 1. The van der Waals surface area contributed by atoms with Crippen molar-refractivity contribution in [1.82, 2.24) is 4.90 Å². The molecule has 0 saturated carbocycles. The summed E-state index contributed by atoms with van der Waals surface area (Å²) in [6, 6.07) is -0.130. The fourth-order valence-corrected chi connectivity index (χ4v) is 4.05. The number of carbonyl (C=O) groups is 1. The molecule has 24 heavy (non-hydrogen) atoms. The van der Waals surface area contributed by atoms with Crippen LogP contribution in [0.3, 0.4) is 0 Å². The predicted molar refractivity (Wildman–Crippen MR) is 95.4 cm³/mol. The largest absolute Gasteiger partial charge is 0.383 e. The summed E-state index contributed by atoms with van der Waals surface area (Å²) in [7, 11) is 3.62. The van der Waals surface area contributed by atoms with Gasteiger partial charge in [0.2, 0.25) is 0 Å². The molecule has 0 aromatic heterocycles. The molecule has 0 aromatic rings. The van der Waals surface area contributed by atoms with E-state index < -0.39 is 11.0 Å². The van der Waals surface area contributed by atoms with E-state index in [9.17, 15) is 9.90 Å². The lowest BCUT2D eigenvalue weighted by Crippen LogP contribution is -2.66. The Bertz CT molecular complexity index is 640. The Labute approximate surface area is 144 Å². The van der Waals surface area contributed by atoms with Crippen molar-refractivity contribution >= 4 is 5.78 Å². The van der Waals surface area contributed by atoms with Crippen LogP contribution in [0.1, 0.15) is 26.7 Å². The number of methoxy groups -OCH3 is 1. The van der Waals surface area contributed by atoms with E-state index in [2.05, 4.69) is 10.8 Å². The van der Waals surface area contributed by atoms with Gasteiger partial charge in [-0.3, -0.25) is 4.79 Å². The third-order valence-corrected chi connectivity index (χ3v) is 5.60. The second kappa shape index (κ2) is 7.06. The normalized spacial score (nSPS) is 34.8. The number of fused-ring (bicyclic) bond motifs is 1. The van der Waals surface area contributed by atoms with Crippen molar-refractivity contribution in [1.29, 1.82) is 0 Å². The first-order valence-electron chi connectivity index (χ1n) is 8.30.